The van der Waals surface area contributed by atoms with Crippen LogP contribution in [0.2, 0.25) is 0 Å². The minimum absolute atomic E-state index is 0.0465. The van der Waals surface area contributed by atoms with E-state index in [2.05, 4.69) is 10.6 Å². The van der Waals surface area contributed by atoms with E-state index in [0.717, 1.165) is 11.8 Å². The van der Waals surface area contributed by atoms with Gasteiger partial charge in [-0.2, -0.15) is 0 Å². The molecular weight excluding hydrogens is 362 g/mol. The van der Waals surface area contributed by atoms with Crippen molar-refractivity contribution in [2.75, 3.05) is 6.61 Å². The number of nitrogens with zero attached hydrogens (tertiary/aromatic N) is 1. The second-order valence-corrected chi connectivity index (χ2v) is 7.79. The van der Waals surface area contributed by atoms with Gasteiger partial charge in [0.05, 0.1) is 4.92 Å². The number of nitro benzene ring substituents is 1. The fraction of sp³-hybridized carbons (Fsp3) is 0.438. The summed E-state index contributed by atoms with van der Waals surface area (Å²) in [5.74, 6) is -1.38. The lowest BCUT2D eigenvalue weighted by atomic mass is 10.1. The minimum Gasteiger partial charge on any atom is -0.455 e. The number of thioether (sulfide) groups is 1. The van der Waals surface area contributed by atoms with Crippen molar-refractivity contribution in [1.29, 1.82) is 0 Å². The summed E-state index contributed by atoms with van der Waals surface area (Å²) in [6, 6.07) is 5.04. The molecule has 0 aliphatic heterocycles. The molecule has 142 valence electrons. The minimum atomic E-state index is -0.743. The van der Waals surface area contributed by atoms with Gasteiger partial charge in [-0.25, -0.2) is 4.79 Å². The molecule has 0 saturated heterocycles. The lowest BCUT2D eigenvalue weighted by Crippen LogP contribution is -2.49. The molecule has 9 nitrogen and oxygen atoms in total. The molecule has 3 amide bonds. The SMILES string of the molecule is C[C@H](Sc1ccc([N+](=O)[O-])cc1)C(=O)OCC(=O)NC(=O)NC(C)(C)C. The quantitative estimate of drug-likeness (QED) is 0.334. The number of carbonyl (C=O) groups excluding carboxylic acids is 3. The number of carbonyl (C=O) groups is 3. The predicted molar refractivity (Wildman–Crippen MR) is 95.8 cm³/mol. The van der Waals surface area contributed by atoms with Crippen LogP contribution in [0.5, 0.6) is 0 Å². The largest absolute Gasteiger partial charge is 0.455 e. The van der Waals surface area contributed by atoms with Crippen LogP contribution < -0.4 is 10.6 Å². The Morgan fingerprint density at radius 2 is 1.81 bits per heavy atom. The van der Waals surface area contributed by atoms with Crippen LogP contribution in [0.15, 0.2) is 29.2 Å². The third kappa shape index (κ3) is 7.97. The number of urea groups is 1. The number of hydrogen-bond donors (Lipinski definition) is 2. The number of amides is 3. The normalized spacial score (nSPS) is 12.0. The first-order valence-corrected chi connectivity index (χ1v) is 8.55. The van der Waals surface area contributed by atoms with Crippen molar-refractivity contribution >= 4 is 35.4 Å². The molecule has 0 aliphatic carbocycles. The number of benzene rings is 1. The summed E-state index contributed by atoms with van der Waals surface area (Å²) >= 11 is 1.14. The third-order valence-corrected chi connectivity index (χ3v) is 3.87. The van der Waals surface area contributed by atoms with Crippen LogP contribution in [0.25, 0.3) is 0 Å². The Morgan fingerprint density at radius 3 is 2.31 bits per heavy atom. The average molecular weight is 383 g/mol. The number of hydrogen-bond acceptors (Lipinski definition) is 7. The first kappa shape index (κ1) is 21.4. The second-order valence-electron chi connectivity index (χ2n) is 6.37. The van der Waals surface area contributed by atoms with E-state index in [-0.39, 0.29) is 5.69 Å². The van der Waals surface area contributed by atoms with Crippen molar-refractivity contribution in [3.63, 3.8) is 0 Å². The number of nitro groups is 1. The van der Waals surface area contributed by atoms with Crippen LogP contribution >= 0.6 is 11.8 Å². The Bertz CT molecular complexity index is 684. The summed E-state index contributed by atoms with van der Waals surface area (Å²) in [5.41, 5.74) is -0.550. The molecule has 0 fully saturated rings. The van der Waals surface area contributed by atoms with Gasteiger partial charge in [-0.15, -0.1) is 11.8 Å². The number of rotatable bonds is 6. The van der Waals surface area contributed by atoms with Crippen LogP contribution in [-0.4, -0.2) is 40.2 Å². The molecule has 0 heterocycles. The number of esters is 1. The Labute approximate surface area is 155 Å². The van der Waals surface area contributed by atoms with Crippen LogP contribution in [0.4, 0.5) is 10.5 Å². The van der Waals surface area contributed by atoms with Gasteiger partial charge >= 0.3 is 12.0 Å². The van der Waals surface area contributed by atoms with Crippen molar-refractivity contribution in [3.05, 3.63) is 34.4 Å². The summed E-state index contributed by atoms with van der Waals surface area (Å²) < 4.78 is 4.87. The summed E-state index contributed by atoms with van der Waals surface area (Å²) in [5, 5.41) is 14.6. The van der Waals surface area contributed by atoms with Gasteiger partial charge in [0.1, 0.15) is 5.25 Å². The van der Waals surface area contributed by atoms with Gasteiger partial charge in [-0.05, 0) is 39.8 Å². The lowest BCUT2D eigenvalue weighted by molar-refractivity contribution is -0.384. The Kier molecular flexibility index (Phi) is 7.56. The van der Waals surface area contributed by atoms with Crippen molar-refractivity contribution in [1.82, 2.24) is 10.6 Å². The van der Waals surface area contributed by atoms with Crippen molar-refractivity contribution in [3.8, 4) is 0 Å². The molecule has 0 radical (unpaired) electrons. The second kappa shape index (κ2) is 9.18. The highest BCUT2D eigenvalue weighted by Crippen LogP contribution is 2.25. The number of nitrogens with one attached hydrogen (secondary N) is 2. The van der Waals surface area contributed by atoms with E-state index >= 15 is 0 Å². The zero-order valence-electron chi connectivity index (χ0n) is 14.9. The zero-order chi connectivity index (χ0) is 19.9. The van der Waals surface area contributed by atoms with Crippen molar-refractivity contribution in [2.24, 2.45) is 0 Å². The first-order valence-electron chi connectivity index (χ1n) is 7.67. The van der Waals surface area contributed by atoms with Crippen LogP contribution in [0, 0.1) is 10.1 Å². The van der Waals surface area contributed by atoms with Gasteiger partial charge in [0.15, 0.2) is 6.61 Å². The van der Waals surface area contributed by atoms with E-state index in [9.17, 15) is 24.5 Å². The molecule has 1 aromatic carbocycles. The summed E-state index contributed by atoms with van der Waals surface area (Å²) in [4.78, 5) is 45.8. The van der Waals surface area contributed by atoms with E-state index < -0.39 is 40.2 Å². The monoisotopic (exact) mass is 383 g/mol. The third-order valence-electron chi connectivity index (χ3n) is 2.78. The van der Waals surface area contributed by atoms with Gasteiger partial charge in [0, 0.05) is 22.6 Å². The van der Waals surface area contributed by atoms with E-state index in [1.807, 2.05) is 0 Å². The maximum Gasteiger partial charge on any atom is 0.321 e. The molecule has 1 atom stereocenters. The maximum absolute atomic E-state index is 11.9. The fourth-order valence-corrected chi connectivity index (χ4v) is 2.55. The van der Waals surface area contributed by atoms with Gasteiger partial charge in [0.25, 0.3) is 11.6 Å². The predicted octanol–water partition coefficient (Wildman–Crippen LogP) is 2.24. The summed E-state index contributed by atoms with van der Waals surface area (Å²) in [7, 11) is 0. The molecule has 0 saturated carbocycles. The van der Waals surface area contributed by atoms with Crippen LogP contribution in [0.1, 0.15) is 27.7 Å². The van der Waals surface area contributed by atoms with Gasteiger partial charge in [0.2, 0.25) is 0 Å². The van der Waals surface area contributed by atoms with Crippen molar-refractivity contribution in [2.45, 2.75) is 43.4 Å². The molecule has 0 bridgehead atoms. The molecule has 0 spiro atoms. The maximum atomic E-state index is 11.9. The molecule has 2 N–H and O–H groups in total. The van der Waals surface area contributed by atoms with E-state index in [0.29, 0.717) is 4.90 Å². The highest BCUT2D eigenvalue weighted by atomic mass is 32.2. The van der Waals surface area contributed by atoms with Gasteiger partial charge in [-0.3, -0.25) is 25.0 Å². The van der Waals surface area contributed by atoms with E-state index in [4.69, 9.17) is 4.74 Å². The lowest BCUT2D eigenvalue weighted by Gasteiger charge is -2.20. The van der Waals surface area contributed by atoms with Crippen LogP contribution in [0.3, 0.4) is 0 Å². The number of imide groups is 1. The highest BCUT2D eigenvalue weighted by molar-refractivity contribution is 8.00. The molecule has 10 heteroatoms. The summed E-state index contributed by atoms with van der Waals surface area (Å²) in [6.07, 6.45) is 0. The van der Waals surface area contributed by atoms with Gasteiger partial charge in [-0.1, -0.05) is 0 Å². The number of ether oxygens (including phenoxy) is 1. The van der Waals surface area contributed by atoms with Gasteiger partial charge < -0.3 is 10.1 Å². The molecular formula is C16H21N3O6S. The highest BCUT2D eigenvalue weighted by Gasteiger charge is 2.20. The molecule has 0 unspecified atom stereocenters. The Morgan fingerprint density at radius 1 is 1.23 bits per heavy atom. The Balaban J connectivity index is 2.43. The van der Waals surface area contributed by atoms with Crippen LogP contribution in [-0.2, 0) is 14.3 Å². The number of non-ortho nitro benzene ring substituents is 1. The molecule has 1 rings (SSSR count). The fourth-order valence-electron chi connectivity index (χ4n) is 1.69. The molecule has 0 aliphatic rings. The topological polar surface area (TPSA) is 128 Å². The summed E-state index contributed by atoms with van der Waals surface area (Å²) in [6.45, 7) is 6.27. The standard InChI is InChI=1S/C16H21N3O6S/c1-10(26-12-7-5-11(6-8-12)19(23)24)14(21)25-9-13(20)17-15(22)18-16(2,3)4/h5-8,10H,9H2,1-4H3,(H2,17,18,20,22)/t10-/m0/s1. The first-order chi connectivity index (χ1) is 12.0. The van der Waals surface area contributed by atoms with E-state index in [1.165, 1.54) is 24.3 Å². The molecule has 1 aromatic rings. The average Bonchev–Trinajstić information content (AvgIpc) is 2.51. The van der Waals surface area contributed by atoms with E-state index in [1.54, 1.807) is 27.7 Å². The van der Waals surface area contributed by atoms with Crippen molar-refractivity contribution < 1.29 is 24.0 Å². The Hall–Kier alpha value is -2.62. The smallest absolute Gasteiger partial charge is 0.321 e. The zero-order valence-corrected chi connectivity index (χ0v) is 15.7. The molecule has 26 heavy (non-hydrogen) atoms. The molecule has 0 aromatic heterocycles.